The van der Waals surface area contributed by atoms with E-state index in [0.717, 1.165) is 9.80 Å². The van der Waals surface area contributed by atoms with Gasteiger partial charge in [-0.25, -0.2) is 19.4 Å². The number of benzene rings is 2. The standard InChI is InChI=1S/C23H26N2O6/c1-3-30-22(28)24(16-18-11-7-5-8-12-18)20(26)15-21(27)25(23(29)31-4-2)17-19-13-9-6-10-14-19/h5-14H,3-4,15-17H2,1-2H3. The summed E-state index contributed by atoms with van der Waals surface area (Å²) < 4.78 is 9.94. The van der Waals surface area contributed by atoms with Crippen molar-refractivity contribution >= 4 is 24.0 Å². The summed E-state index contributed by atoms with van der Waals surface area (Å²) in [5.74, 6) is -1.54. The highest BCUT2D eigenvalue weighted by Gasteiger charge is 2.30. The number of imide groups is 2. The van der Waals surface area contributed by atoms with Crippen LogP contribution in [0.1, 0.15) is 31.4 Å². The maximum absolute atomic E-state index is 12.8. The lowest BCUT2D eigenvalue weighted by Gasteiger charge is -2.23. The molecule has 8 nitrogen and oxygen atoms in total. The van der Waals surface area contributed by atoms with Crippen LogP contribution in [0.15, 0.2) is 60.7 Å². The lowest BCUT2D eigenvalue weighted by molar-refractivity contribution is -0.139. The van der Waals surface area contributed by atoms with Crippen molar-refractivity contribution in [2.75, 3.05) is 13.2 Å². The van der Waals surface area contributed by atoms with Crippen LogP contribution in [0.5, 0.6) is 0 Å². The van der Waals surface area contributed by atoms with Crippen molar-refractivity contribution < 1.29 is 28.7 Å². The van der Waals surface area contributed by atoms with Gasteiger partial charge in [0.25, 0.3) is 0 Å². The SMILES string of the molecule is CCOC(=O)N(Cc1ccccc1)C(=O)CC(=O)N(Cc1ccccc1)C(=O)OCC. The summed E-state index contributed by atoms with van der Waals surface area (Å²) in [7, 11) is 0. The third-order valence-electron chi connectivity index (χ3n) is 4.25. The quantitative estimate of drug-likeness (QED) is 0.597. The number of carbonyl (C=O) groups is 4. The molecular weight excluding hydrogens is 400 g/mol. The van der Waals surface area contributed by atoms with Gasteiger partial charge in [-0.2, -0.15) is 0 Å². The van der Waals surface area contributed by atoms with Crippen LogP contribution in [0.2, 0.25) is 0 Å². The average Bonchev–Trinajstić information content (AvgIpc) is 2.77. The maximum atomic E-state index is 12.8. The molecule has 0 radical (unpaired) electrons. The Labute approximate surface area is 181 Å². The molecule has 0 fully saturated rings. The van der Waals surface area contributed by atoms with E-state index in [1.165, 1.54) is 0 Å². The van der Waals surface area contributed by atoms with E-state index in [0.29, 0.717) is 11.1 Å². The van der Waals surface area contributed by atoms with Crippen LogP contribution in [0, 0.1) is 0 Å². The van der Waals surface area contributed by atoms with E-state index in [4.69, 9.17) is 9.47 Å². The molecular formula is C23H26N2O6. The van der Waals surface area contributed by atoms with Gasteiger partial charge in [-0.05, 0) is 25.0 Å². The first-order chi connectivity index (χ1) is 15.0. The summed E-state index contributed by atoms with van der Waals surface area (Å²) >= 11 is 0. The lowest BCUT2D eigenvalue weighted by atomic mass is 10.2. The third kappa shape index (κ3) is 7.26. The number of nitrogens with zero attached hydrogens (tertiary/aromatic N) is 2. The molecule has 2 aromatic rings. The second kappa shape index (κ2) is 12.1. The molecule has 0 bridgehead atoms. The Balaban J connectivity index is 2.18. The van der Waals surface area contributed by atoms with Gasteiger partial charge in [-0.1, -0.05) is 60.7 Å². The monoisotopic (exact) mass is 426 g/mol. The zero-order chi connectivity index (χ0) is 22.6. The Morgan fingerprint density at radius 3 is 1.32 bits per heavy atom. The molecule has 0 saturated heterocycles. The number of carbonyl (C=O) groups excluding carboxylic acids is 4. The van der Waals surface area contributed by atoms with Crippen molar-refractivity contribution in [3.63, 3.8) is 0 Å². The van der Waals surface area contributed by atoms with Gasteiger partial charge in [-0.3, -0.25) is 9.59 Å². The number of hydrogen-bond acceptors (Lipinski definition) is 6. The molecule has 2 aromatic carbocycles. The van der Waals surface area contributed by atoms with E-state index < -0.39 is 30.4 Å². The predicted octanol–water partition coefficient (Wildman–Crippen LogP) is 3.75. The number of ether oxygens (including phenoxy) is 2. The van der Waals surface area contributed by atoms with Crippen molar-refractivity contribution in [1.82, 2.24) is 9.80 Å². The fourth-order valence-electron chi connectivity index (χ4n) is 2.76. The fourth-order valence-corrected chi connectivity index (χ4v) is 2.76. The molecule has 0 aromatic heterocycles. The van der Waals surface area contributed by atoms with Gasteiger partial charge in [0.15, 0.2) is 0 Å². The predicted molar refractivity (Wildman–Crippen MR) is 113 cm³/mol. The minimum absolute atomic E-state index is 0.0517. The van der Waals surface area contributed by atoms with E-state index in [2.05, 4.69) is 0 Å². The summed E-state index contributed by atoms with van der Waals surface area (Å²) in [6.07, 6.45) is -2.39. The Kier molecular flexibility index (Phi) is 9.22. The average molecular weight is 426 g/mol. The summed E-state index contributed by atoms with van der Waals surface area (Å²) in [4.78, 5) is 52.1. The molecule has 31 heavy (non-hydrogen) atoms. The third-order valence-corrected chi connectivity index (χ3v) is 4.25. The van der Waals surface area contributed by atoms with Crippen molar-refractivity contribution in [2.45, 2.75) is 33.4 Å². The molecule has 0 aliphatic heterocycles. The van der Waals surface area contributed by atoms with Crippen molar-refractivity contribution in [2.24, 2.45) is 0 Å². The van der Waals surface area contributed by atoms with Crippen LogP contribution in [0.25, 0.3) is 0 Å². The maximum Gasteiger partial charge on any atom is 0.416 e. The topological polar surface area (TPSA) is 93.2 Å². The van der Waals surface area contributed by atoms with E-state index in [1.807, 2.05) is 12.1 Å². The van der Waals surface area contributed by atoms with Gasteiger partial charge < -0.3 is 9.47 Å². The molecule has 0 N–H and O–H groups in total. The summed E-state index contributed by atoms with van der Waals surface area (Å²) in [6, 6.07) is 17.7. The van der Waals surface area contributed by atoms with Crippen LogP contribution in [-0.4, -0.2) is 47.0 Å². The molecule has 2 rings (SSSR count). The van der Waals surface area contributed by atoms with E-state index in [-0.39, 0.29) is 26.3 Å². The number of hydrogen-bond donors (Lipinski definition) is 0. The fraction of sp³-hybridized carbons (Fsp3) is 0.304. The summed E-state index contributed by atoms with van der Waals surface area (Å²) in [5, 5.41) is 0. The van der Waals surface area contributed by atoms with Gasteiger partial charge >= 0.3 is 12.2 Å². The first-order valence-electron chi connectivity index (χ1n) is 9.98. The second-order valence-electron chi connectivity index (χ2n) is 6.51. The zero-order valence-corrected chi connectivity index (χ0v) is 17.7. The van der Waals surface area contributed by atoms with Crippen LogP contribution in [0.4, 0.5) is 9.59 Å². The van der Waals surface area contributed by atoms with Crippen LogP contribution < -0.4 is 0 Å². The van der Waals surface area contributed by atoms with E-state index >= 15 is 0 Å². The molecule has 0 aliphatic carbocycles. The van der Waals surface area contributed by atoms with Crippen LogP contribution in [0.3, 0.4) is 0 Å². The Morgan fingerprint density at radius 1 is 0.645 bits per heavy atom. The van der Waals surface area contributed by atoms with Crippen LogP contribution in [-0.2, 0) is 32.2 Å². The van der Waals surface area contributed by atoms with Gasteiger partial charge in [0.05, 0.1) is 26.3 Å². The smallest absolute Gasteiger partial charge is 0.416 e. The zero-order valence-electron chi connectivity index (χ0n) is 17.7. The molecule has 0 heterocycles. The molecule has 0 saturated carbocycles. The largest absolute Gasteiger partial charge is 0.449 e. The number of amides is 4. The first kappa shape index (κ1) is 23.6. The Morgan fingerprint density at radius 2 is 1.00 bits per heavy atom. The molecule has 0 spiro atoms. The van der Waals surface area contributed by atoms with Crippen molar-refractivity contribution in [1.29, 1.82) is 0 Å². The van der Waals surface area contributed by atoms with E-state index in [1.54, 1.807) is 62.4 Å². The highest BCUT2D eigenvalue weighted by molar-refractivity contribution is 6.06. The van der Waals surface area contributed by atoms with Gasteiger partial charge in [0.1, 0.15) is 6.42 Å². The minimum Gasteiger partial charge on any atom is -0.449 e. The lowest BCUT2D eigenvalue weighted by Crippen LogP contribution is -2.42. The van der Waals surface area contributed by atoms with Crippen LogP contribution >= 0.6 is 0 Å². The van der Waals surface area contributed by atoms with Gasteiger partial charge in [0.2, 0.25) is 11.8 Å². The Hall–Kier alpha value is -3.68. The molecule has 0 unspecified atom stereocenters. The number of rotatable bonds is 8. The summed E-state index contributed by atoms with van der Waals surface area (Å²) in [6.45, 7) is 3.30. The summed E-state index contributed by atoms with van der Waals surface area (Å²) in [5.41, 5.74) is 1.39. The van der Waals surface area contributed by atoms with Gasteiger partial charge in [-0.15, -0.1) is 0 Å². The highest BCUT2D eigenvalue weighted by atomic mass is 16.6. The van der Waals surface area contributed by atoms with E-state index in [9.17, 15) is 19.2 Å². The second-order valence-corrected chi connectivity index (χ2v) is 6.51. The highest BCUT2D eigenvalue weighted by Crippen LogP contribution is 2.12. The Bertz CT molecular complexity index is 812. The van der Waals surface area contributed by atoms with Crippen molar-refractivity contribution in [3.05, 3.63) is 71.8 Å². The van der Waals surface area contributed by atoms with Gasteiger partial charge in [0, 0.05) is 0 Å². The molecule has 164 valence electrons. The molecule has 0 atom stereocenters. The first-order valence-corrected chi connectivity index (χ1v) is 9.98. The minimum atomic E-state index is -0.852. The molecule has 8 heteroatoms. The van der Waals surface area contributed by atoms with Crippen molar-refractivity contribution in [3.8, 4) is 0 Å². The normalized spacial score (nSPS) is 10.1. The molecule has 0 aliphatic rings. The molecule has 4 amide bonds.